The van der Waals surface area contributed by atoms with Gasteiger partial charge in [-0.15, -0.1) is 0 Å². The Labute approximate surface area is 204 Å². The van der Waals surface area contributed by atoms with Crippen molar-refractivity contribution >= 4 is 33.4 Å². The maximum Gasteiger partial charge on any atom is 0.135 e. The molecule has 3 nitrogen and oxygen atoms in total. The number of halogens is 1. The van der Waals surface area contributed by atoms with Crippen molar-refractivity contribution in [2.45, 2.75) is 45.1 Å². The molecule has 2 unspecified atom stereocenters. The first kappa shape index (κ1) is 21.7. The van der Waals surface area contributed by atoms with Gasteiger partial charge in [-0.1, -0.05) is 43.5 Å². The van der Waals surface area contributed by atoms with Gasteiger partial charge in [0.2, 0.25) is 0 Å². The highest BCUT2D eigenvalue weighted by atomic mass is 19.1. The van der Waals surface area contributed by atoms with Crippen molar-refractivity contribution in [3.8, 4) is 0 Å². The molecular formula is C31H27FN2O. The molecule has 0 saturated heterocycles. The molecule has 0 fully saturated rings. The summed E-state index contributed by atoms with van der Waals surface area (Å²) in [6, 6.07) is 16.4. The fourth-order valence-corrected chi connectivity index (χ4v) is 5.75. The zero-order chi connectivity index (χ0) is 24.3. The van der Waals surface area contributed by atoms with Gasteiger partial charge in [0.05, 0.1) is 11.8 Å². The second kappa shape index (κ2) is 8.16. The Morgan fingerprint density at radius 1 is 1.06 bits per heavy atom. The molecule has 35 heavy (non-hydrogen) atoms. The van der Waals surface area contributed by atoms with Gasteiger partial charge in [0.15, 0.2) is 0 Å². The van der Waals surface area contributed by atoms with Crippen LogP contribution in [0.2, 0.25) is 0 Å². The van der Waals surface area contributed by atoms with E-state index in [0.29, 0.717) is 23.3 Å². The summed E-state index contributed by atoms with van der Waals surface area (Å²) in [6.07, 6.45) is 3.95. The topological polar surface area (TPSA) is 37.9 Å². The smallest absolute Gasteiger partial charge is 0.135 e. The molecule has 2 aliphatic rings. The van der Waals surface area contributed by atoms with Crippen LogP contribution in [0.15, 0.2) is 87.9 Å². The molecule has 174 valence electrons. The molecular weight excluding hydrogens is 435 g/mol. The molecule has 2 atom stereocenters. The molecule has 3 aromatic carbocycles. The van der Waals surface area contributed by atoms with Crippen LogP contribution < -0.4 is 0 Å². The highest BCUT2D eigenvalue weighted by molar-refractivity contribution is 6.11. The molecule has 0 radical (unpaired) electrons. The quantitative estimate of drug-likeness (QED) is 0.284. The first-order chi connectivity index (χ1) is 16.9. The number of aryl methyl sites for hydroxylation is 2. The molecule has 0 aliphatic carbocycles. The zero-order valence-corrected chi connectivity index (χ0v) is 20.1. The van der Waals surface area contributed by atoms with Crippen LogP contribution in [0.5, 0.6) is 0 Å². The van der Waals surface area contributed by atoms with Gasteiger partial charge in [0.1, 0.15) is 17.0 Å². The van der Waals surface area contributed by atoms with Crippen LogP contribution in [0.25, 0.3) is 21.9 Å². The summed E-state index contributed by atoms with van der Waals surface area (Å²) in [4.78, 5) is 9.86. The number of nitrogens with zero attached hydrogens (tertiary/aromatic N) is 2. The van der Waals surface area contributed by atoms with E-state index >= 15 is 4.39 Å². The summed E-state index contributed by atoms with van der Waals surface area (Å²) in [5.74, 6) is -0.137. The normalized spacial score (nSPS) is 20.0. The average Bonchev–Trinajstić information content (AvgIpc) is 3.21. The zero-order valence-electron chi connectivity index (χ0n) is 20.1. The minimum absolute atomic E-state index is 0.0573. The Morgan fingerprint density at radius 3 is 2.71 bits per heavy atom. The monoisotopic (exact) mass is 462 g/mol. The lowest BCUT2D eigenvalue weighted by atomic mass is 9.77. The van der Waals surface area contributed by atoms with Crippen molar-refractivity contribution < 1.29 is 8.81 Å². The Balaban J connectivity index is 1.52. The third-order valence-electron chi connectivity index (χ3n) is 7.47. The lowest BCUT2D eigenvalue weighted by Crippen LogP contribution is -2.28. The van der Waals surface area contributed by atoms with Crippen LogP contribution in [0.4, 0.5) is 4.39 Å². The van der Waals surface area contributed by atoms with Gasteiger partial charge in [-0.05, 0) is 73.2 Å². The van der Waals surface area contributed by atoms with E-state index in [9.17, 15) is 0 Å². The van der Waals surface area contributed by atoms with Crippen molar-refractivity contribution in [2.24, 2.45) is 9.98 Å². The van der Waals surface area contributed by atoms with Gasteiger partial charge in [0.25, 0.3) is 0 Å². The van der Waals surface area contributed by atoms with Gasteiger partial charge >= 0.3 is 0 Å². The van der Waals surface area contributed by atoms with Crippen LogP contribution >= 0.6 is 0 Å². The first-order valence-electron chi connectivity index (χ1n) is 12.1. The van der Waals surface area contributed by atoms with Crippen LogP contribution in [0.3, 0.4) is 0 Å². The fraction of sp³-hybridized carbons (Fsp3) is 0.226. The average molecular weight is 463 g/mol. The van der Waals surface area contributed by atoms with E-state index in [-0.39, 0.29) is 17.8 Å². The summed E-state index contributed by atoms with van der Waals surface area (Å²) in [6.45, 7) is 12.0. The van der Waals surface area contributed by atoms with E-state index in [1.807, 2.05) is 31.2 Å². The van der Waals surface area contributed by atoms with Crippen LogP contribution in [0, 0.1) is 12.7 Å². The standard InChI is InChI=1S/C31H27FN2O/c1-5-26-30-23(12-10-17(2)31(30)32)21-13-11-20-15-29-25(22-8-6-7-9-28(22)35-29)16-24(20)19(4)33-18(3)14-27(21)34-26/h5-10,12,15-16,21,27H,1,3,11,13-14H2,2,4H3. The third-order valence-corrected chi connectivity index (χ3v) is 7.47. The van der Waals surface area contributed by atoms with E-state index < -0.39 is 0 Å². The van der Waals surface area contributed by atoms with Crippen molar-refractivity contribution in [1.82, 2.24) is 0 Å². The number of hydrogen-bond acceptors (Lipinski definition) is 3. The Bertz CT molecular complexity index is 1600. The number of hydrogen-bond donors (Lipinski definition) is 0. The van der Waals surface area contributed by atoms with Crippen molar-refractivity contribution in [3.63, 3.8) is 0 Å². The Kier molecular flexibility index (Phi) is 5.06. The summed E-state index contributed by atoms with van der Waals surface area (Å²) < 4.78 is 21.5. The molecule has 4 aromatic rings. The summed E-state index contributed by atoms with van der Waals surface area (Å²) >= 11 is 0. The first-order valence-corrected chi connectivity index (χ1v) is 12.1. The van der Waals surface area contributed by atoms with Gasteiger partial charge < -0.3 is 4.42 Å². The van der Waals surface area contributed by atoms with Crippen LogP contribution in [0.1, 0.15) is 53.5 Å². The number of rotatable bonds is 1. The lowest BCUT2D eigenvalue weighted by Gasteiger charge is -2.33. The van der Waals surface area contributed by atoms with Gasteiger partial charge in [-0.2, -0.15) is 0 Å². The molecule has 2 aliphatic heterocycles. The molecule has 3 heterocycles. The van der Waals surface area contributed by atoms with E-state index in [0.717, 1.165) is 57.3 Å². The highest BCUT2D eigenvalue weighted by Crippen LogP contribution is 2.40. The van der Waals surface area contributed by atoms with Crippen molar-refractivity contribution in [2.75, 3.05) is 0 Å². The van der Waals surface area contributed by atoms with Gasteiger partial charge in [-0.3, -0.25) is 9.98 Å². The molecule has 0 amide bonds. The van der Waals surface area contributed by atoms with E-state index in [2.05, 4.69) is 37.4 Å². The number of fused-ring (bicyclic) bond motifs is 7. The van der Waals surface area contributed by atoms with E-state index in [1.165, 1.54) is 5.56 Å². The predicted octanol–water partition coefficient (Wildman–Crippen LogP) is 7.83. The summed E-state index contributed by atoms with van der Waals surface area (Å²) in [5, 5.41) is 2.20. The minimum Gasteiger partial charge on any atom is -0.456 e. The Hall–Kier alpha value is -3.79. The maximum absolute atomic E-state index is 15.3. The number of furan rings is 1. The van der Waals surface area contributed by atoms with Crippen molar-refractivity contribution in [1.29, 1.82) is 0 Å². The number of benzene rings is 3. The number of allylic oxidation sites excluding steroid dienone is 1. The molecule has 6 rings (SSSR count). The molecule has 0 bridgehead atoms. The van der Waals surface area contributed by atoms with Crippen molar-refractivity contribution in [3.05, 3.63) is 107 Å². The molecule has 4 heteroatoms. The van der Waals surface area contributed by atoms with Gasteiger partial charge in [0, 0.05) is 40.1 Å². The molecule has 0 spiro atoms. The predicted molar refractivity (Wildman–Crippen MR) is 142 cm³/mol. The van der Waals surface area contributed by atoms with E-state index in [1.54, 1.807) is 13.0 Å². The fourth-order valence-electron chi connectivity index (χ4n) is 5.75. The Morgan fingerprint density at radius 2 is 1.89 bits per heavy atom. The molecule has 0 saturated carbocycles. The highest BCUT2D eigenvalue weighted by Gasteiger charge is 2.33. The lowest BCUT2D eigenvalue weighted by molar-refractivity contribution is 0.484. The second-order valence-corrected chi connectivity index (χ2v) is 9.66. The van der Waals surface area contributed by atoms with Crippen LogP contribution in [-0.4, -0.2) is 17.5 Å². The molecule has 1 aromatic heterocycles. The number of aliphatic imine (C=N–C) groups is 2. The molecule has 0 N–H and O–H groups in total. The van der Waals surface area contributed by atoms with Gasteiger partial charge in [-0.25, -0.2) is 4.39 Å². The van der Waals surface area contributed by atoms with E-state index in [4.69, 9.17) is 14.4 Å². The largest absolute Gasteiger partial charge is 0.456 e. The number of para-hydroxylation sites is 1. The minimum atomic E-state index is -0.200. The summed E-state index contributed by atoms with van der Waals surface area (Å²) in [7, 11) is 0. The third kappa shape index (κ3) is 3.47. The second-order valence-electron chi connectivity index (χ2n) is 9.66. The summed E-state index contributed by atoms with van der Waals surface area (Å²) in [5.41, 5.74) is 8.63. The maximum atomic E-state index is 15.3. The SMILES string of the molecule is C=CC1=NC2CC(=C)N=C(C)c3cc4c(cc3CCC2c2ccc(C)c(F)c21)oc1ccccc14. The van der Waals surface area contributed by atoms with Crippen LogP contribution in [-0.2, 0) is 6.42 Å².